The standard InChI is InChI=1S/C23H27F3N2O5/c1-4-33-22(30)15-28(13-16-5-8-18(9-6-16)23(24,25)26)14-21(29)27-12-17-7-10-19(31-2)20(11-17)32-3/h5-11H,4,12-15H2,1-3H3,(H,27,29). The van der Waals surface area contributed by atoms with Crippen molar-refractivity contribution in [2.45, 2.75) is 26.2 Å². The van der Waals surface area contributed by atoms with Gasteiger partial charge in [0.25, 0.3) is 0 Å². The Morgan fingerprint density at radius 3 is 2.15 bits per heavy atom. The normalized spacial score (nSPS) is 11.2. The fourth-order valence-corrected chi connectivity index (χ4v) is 3.06. The van der Waals surface area contributed by atoms with Gasteiger partial charge in [-0.3, -0.25) is 14.5 Å². The van der Waals surface area contributed by atoms with Crippen LogP contribution in [-0.4, -0.2) is 50.7 Å². The lowest BCUT2D eigenvalue weighted by Gasteiger charge is -2.21. The number of alkyl halides is 3. The highest BCUT2D eigenvalue weighted by molar-refractivity contribution is 5.79. The van der Waals surface area contributed by atoms with Gasteiger partial charge in [0.15, 0.2) is 11.5 Å². The maximum absolute atomic E-state index is 12.8. The first-order valence-corrected chi connectivity index (χ1v) is 10.2. The Morgan fingerprint density at radius 1 is 0.939 bits per heavy atom. The molecule has 0 saturated heterocycles. The summed E-state index contributed by atoms with van der Waals surface area (Å²) in [4.78, 5) is 26.0. The highest BCUT2D eigenvalue weighted by Gasteiger charge is 2.30. The highest BCUT2D eigenvalue weighted by atomic mass is 19.4. The molecule has 0 spiro atoms. The molecule has 0 aliphatic rings. The fraction of sp³-hybridized carbons (Fsp3) is 0.391. The van der Waals surface area contributed by atoms with E-state index in [4.69, 9.17) is 14.2 Å². The van der Waals surface area contributed by atoms with Crippen molar-refractivity contribution in [1.29, 1.82) is 0 Å². The van der Waals surface area contributed by atoms with Gasteiger partial charge in [0, 0.05) is 13.1 Å². The quantitative estimate of drug-likeness (QED) is 0.510. The zero-order chi connectivity index (χ0) is 24.4. The molecule has 1 amide bonds. The summed E-state index contributed by atoms with van der Waals surface area (Å²) in [6.07, 6.45) is -4.44. The van der Waals surface area contributed by atoms with Crippen LogP contribution in [0.1, 0.15) is 23.6 Å². The van der Waals surface area contributed by atoms with Crippen LogP contribution in [0, 0.1) is 0 Å². The number of carbonyl (C=O) groups is 2. The molecule has 2 rings (SSSR count). The predicted octanol–water partition coefficient (Wildman–Crippen LogP) is 3.40. The van der Waals surface area contributed by atoms with E-state index in [0.29, 0.717) is 17.1 Å². The van der Waals surface area contributed by atoms with Gasteiger partial charge in [0.2, 0.25) is 5.91 Å². The molecule has 1 N–H and O–H groups in total. The number of amides is 1. The number of hydrogen-bond acceptors (Lipinski definition) is 6. The van der Waals surface area contributed by atoms with Gasteiger partial charge in [-0.05, 0) is 42.3 Å². The van der Waals surface area contributed by atoms with Crippen molar-refractivity contribution in [2.24, 2.45) is 0 Å². The summed E-state index contributed by atoms with van der Waals surface area (Å²) in [6, 6.07) is 9.81. The van der Waals surface area contributed by atoms with Crippen LogP contribution >= 0.6 is 0 Å². The van der Waals surface area contributed by atoms with Crippen LogP contribution in [0.25, 0.3) is 0 Å². The molecule has 2 aromatic rings. The first-order valence-electron chi connectivity index (χ1n) is 10.2. The second-order valence-corrected chi connectivity index (χ2v) is 7.11. The number of methoxy groups -OCH3 is 2. The second kappa shape index (κ2) is 12.1. The summed E-state index contributed by atoms with van der Waals surface area (Å²) in [5.74, 6) is 0.193. The average molecular weight is 468 g/mol. The van der Waals surface area contributed by atoms with Gasteiger partial charge in [0.1, 0.15) is 0 Å². The Morgan fingerprint density at radius 2 is 1.58 bits per heavy atom. The number of nitrogens with zero attached hydrogens (tertiary/aromatic N) is 1. The first-order chi connectivity index (χ1) is 15.7. The van der Waals surface area contributed by atoms with Crippen molar-refractivity contribution in [2.75, 3.05) is 33.9 Å². The number of hydrogen-bond donors (Lipinski definition) is 1. The molecule has 0 radical (unpaired) electrons. The molecule has 0 heterocycles. The van der Waals surface area contributed by atoms with Crippen LogP contribution in [0.3, 0.4) is 0 Å². The SMILES string of the molecule is CCOC(=O)CN(CC(=O)NCc1ccc(OC)c(OC)c1)Cc1ccc(C(F)(F)F)cc1. The molecule has 2 aromatic carbocycles. The Bertz CT molecular complexity index is 933. The van der Waals surface area contributed by atoms with Crippen LogP contribution in [0.5, 0.6) is 11.5 Å². The highest BCUT2D eigenvalue weighted by Crippen LogP contribution is 2.29. The van der Waals surface area contributed by atoms with E-state index in [1.54, 1.807) is 25.1 Å². The minimum Gasteiger partial charge on any atom is -0.493 e. The van der Waals surface area contributed by atoms with E-state index in [0.717, 1.165) is 17.7 Å². The zero-order valence-corrected chi connectivity index (χ0v) is 18.7. The van der Waals surface area contributed by atoms with Gasteiger partial charge in [-0.2, -0.15) is 13.2 Å². The Kier molecular flexibility index (Phi) is 9.53. The van der Waals surface area contributed by atoms with E-state index in [2.05, 4.69) is 5.32 Å². The number of carbonyl (C=O) groups excluding carboxylic acids is 2. The predicted molar refractivity (Wildman–Crippen MR) is 115 cm³/mol. The van der Waals surface area contributed by atoms with E-state index in [9.17, 15) is 22.8 Å². The van der Waals surface area contributed by atoms with Crippen LogP contribution < -0.4 is 14.8 Å². The average Bonchev–Trinajstić information content (AvgIpc) is 2.77. The number of esters is 1. The number of halogens is 3. The van der Waals surface area contributed by atoms with Crippen molar-refractivity contribution < 1.29 is 37.0 Å². The Labute approximate surface area is 190 Å². The Hall–Kier alpha value is -3.27. The summed E-state index contributed by atoms with van der Waals surface area (Å²) in [6.45, 7) is 1.83. The first kappa shape index (κ1) is 26.0. The topological polar surface area (TPSA) is 77.1 Å². The third-order valence-corrected chi connectivity index (χ3v) is 4.65. The molecule has 10 heteroatoms. The number of benzene rings is 2. The monoisotopic (exact) mass is 468 g/mol. The smallest absolute Gasteiger partial charge is 0.416 e. The van der Waals surface area contributed by atoms with Crippen molar-refractivity contribution in [1.82, 2.24) is 10.2 Å². The molecular weight excluding hydrogens is 441 g/mol. The molecular formula is C23H27F3N2O5. The summed E-state index contributed by atoms with van der Waals surface area (Å²) < 4.78 is 53.7. The summed E-state index contributed by atoms with van der Waals surface area (Å²) >= 11 is 0. The van der Waals surface area contributed by atoms with Gasteiger partial charge in [0.05, 0.1) is 39.5 Å². The number of ether oxygens (including phenoxy) is 3. The third kappa shape index (κ3) is 8.30. The number of rotatable bonds is 11. The molecule has 0 unspecified atom stereocenters. The lowest BCUT2D eigenvalue weighted by molar-refractivity contribution is -0.145. The molecule has 7 nitrogen and oxygen atoms in total. The van der Waals surface area contributed by atoms with Crippen molar-refractivity contribution >= 4 is 11.9 Å². The van der Waals surface area contributed by atoms with Gasteiger partial charge >= 0.3 is 12.1 Å². The van der Waals surface area contributed by atoms with E-state index in [1.165, 1.54) is 31.3 Å². The van der Waals surface area contributed by atoms with Crippen LogP contribution in [0.4, 0.5) is 13.2 Å². The fourth-order valence-electron chi connectivity index (χ4n) is 3.06. The van der Waals surface area contributed by atoms with Gasteiger partial charge in [-0.25, -0.2) is 0 Å². The maximum atomic E-state index is 12.8. The minimum absolute atomic E-state index is 0.0979. The second-order valence-electron chi connectivity index (χ2n) is 7.11. The molecule has 180 valence electrons. The van der Waals surface area contributed by atoms with E-state index < -0.39 is 17.7 Å². The summed E-state index contributed by atoms with van der Waals surface area (Å²) in [5, 5.41) is 2.76. The van der Waals surface area contributed by atoms with Crippen LogP contribution in [0.2, 0.25) is 0 Å². The van der Waals surface area contributed by atoms with Crippen LogP contribution in [-0.2, 0) is 33.6 Å². The van der Waals surface area contributed by atoms with Crippen molar-refractivity contribution in [3.8, 4) is 11.5 Å². The van der Waals surface area contributed by atoms with E-state index in [-0.39, 0.29) is 38.7 Å². The molecule has 0 aromatic heterocycles. The van der Waals surface area contributed by atoms with Gasteiger partial charge < -0.3 is 19.5 Å². The third-order valence-electron chi connectivity index (χ3n) is 4.65. The molecule has 0 aliphatic carbocycles. The largest absolute Gasteiger partial charge is 0.493 e. The maximum Gasteiger partial charge on any atom is 0.416 e. The van der Waals surface area contributed by atoms with Gasteiger partial charge in [-0.1, -0.05) is 18.2 Å². The summed E-state index contributed by atoms with van der Waals surface area (Å²) in [5.41, 5.74) is 0.538. The van der Waals surface area contributed by atoms with E-state index in [1.807, 2.05) is 0 Å². The van der Waals surface area contributed by atoms with Crippen LogP contribution in [0.15, 0.2) is 42.5 Å². The minimum atomic E-state index is -4.44. The molecule has 33 heavy (non-hydrogen) atoms. The van der Waals surface area contributed by atoms with Crippen molar-refractivity contribution in [3.05, 3.63) is 59.2 Å². The van der Waals surface area contributed by atoms with Gasteiger partial charge in [-0.15, -0.1) is 0 Å². The molecule has 0 fully saturated rings. The van der Waals surface area contributed by atoms with Crippen molar-refractivity contribution in [3.63, 3.8) is 0 Å². The lowest BCUT2D eigenvalue weighted by Crippen LogP contribution is -2.39. The molecule has 0 bridgehead atoms. The van der Waals surface area contributed by atoms with E-state index >= 15 is 0 Å². The molecule has 0 aliphatic heterocycles. The molecule has 0 atom stereocenters. The molecule has 0 saturated carbocycles. The number of nitrogens with one attached hydrogen (secondary N) is 1. The zero-order valence-electron chi connectivity index (χ0n) is 18.7. The Balaban J connectivity index is 2.03. The summed E-state index contributed by atoms with van der Waals surface area (Å²) in [7, 11) is 3.03. The lowest BCUT2D eigenvalue weighted by atomic mass is 10.1.